The van der Waals surface area contributed by atoms with Crippen molar-refractivity contribution in [3.63, 3.8) is 0 Å². The zero-order valence-corrected chi connectivity index (χ0v) is 14.5. The molecular formula is C21H20N2O2. The van der Waals surface area contributed by atoms with Crippen molar-refractivity contribution < 1.29 is 4.92 Å². The summed E-state index contributed by atoms with van der Waals surface area (Å²) in [5, 5.41) is 14.9. The molecule has 0 aliphatic rings. The molecule has 0 fully saturated rings. The van der Waals surface area contributed by atoms with Gasteiger partial charge in [0.2, 0.25) is 0 Å². The van der Waals surface area contributed by atoms with Crippen LogP contribution < -0.4 is 5.32 Å². The zero-order chi connectivity index (χ0) is 18.0. The SMILES string of the molecule is Cc1cc(C)c(Nc2ccccc2-c2ccccc2[N+](=O)[O-])c(C)c1. The number of rotatable bonds is 4. The van der Waals surface area contributed by atoms with Gasteiger partial charge in [0.05, 0.1) is 10.5 Å². The molecule has 0 saturated carbocycles. The second-order valence-electron chi connectivity index (χ2n) is 6.22. The van der Waals surface area contributed by atoms with Gasteiger partial charge in [-0.05, 0) is 44.0 Å². The van der Waals surface area contributed by atoms with Gasteiger partial charge in [0.15, 0.2) is 0 Å². The number of benzene rings is 3. The molecule has 4 heteroatoms. The number of nitro groups is 1. The molecule has 126 valence electrons. The molecule has 0 amide bonds. The van der Waals surface area contributed by atoms with Crippen molar-refractivity contribution in [3.05, 3.63) is 87.5 Å². The number of nitro benzene ring substituents is 1. The maximum Gasteiger partial charge on any atom is 0.277 e. The summed E-state index contributed by atoms with van der Waals surface area (Å²) in [6.07, 6.45) is 0. The maximum absolute atomic E-state index is 11.4. The molecule has 0 spiro atoms. The lowest BCUT2D eigenvalue weighted by Crippen LogP contribution is -2.00. The number of nitrogens with one attached hydrogen (secondary N) is 1. The van der Waals surface area contributed by atoms with E-state index in [-0.39, 0.29) is 10.6 Å². The molecule has 25 heavy (non-hydrogen) atoms. The van der Waals surface area contributed by atoms with Crippen molar-refractivity contribution in [1.82, 2.24) is 0 Å². The molecule has 3 aromatic carbocycles. The van der Waals surface area contributed by atoms with Crippen LogP contribution in [0.15, 0.2) is 60.7 Å². The summed E-state index contributed by atoms with van der Waals surface area (Å²) in [6, 6.07) is 18.8. The molecule has 0 heterocycles. The molecule has 0 bridgehead atoms. The highest BCUT2D eigenvalue weighted by molar-refractivity contribution is 5.86. The van der Waals surface area contributed by atoms with Gasteiger partial charge in [-0.15, -0.1) is 0 Å². The minimum atomic E-state index is -0.339. The van der Waals surface area contributed by atoms with Gasteiger partial charge in [0, 0.05) is 23.0 Å². The van der Waals surface area contributed by atoms with Gasteiger partial charge in [-0.25, -0.2) is 0 Å². The summed E-state index contributed by atoms with van der Waals surface area (Å²) in [6.45, 7) is 6.21. The molecule has 1 N–H and O–H groups in total. The number of hydrogen-bond acceptors (Lipinski definition) is 3. The number of hydrogen-bond donors (Lipinski definition) is 1. The lowest BCUT2D eigenvalue weighted by Gasteiger charge is -2.17. The van der Waals surface area contributed by atoms with Crippen molar-refractivity contribution >= 4 is 17.1 Å². The van der Waals surface area contributed by atoms with Crippen LogP contribution in [0.5, 0.6) is 0 Å². The van der Waals surface area contributed by atoms with Crippen molar-refractivity contribution in [2.24, 2.45) is 0 Å². The first-order chi connectivity index (χ1) is 12.0. The van der Waals surface area contributed by atoms with Gasteiger partial charge < -0.3 is 5.32 Å². The van der Waals surface area contributed by atoms with Crippen LogP contribution in [-0.4, -0.2) is 4.92 Å². The first-order valence-electron chi connectivity index (χ1n) is 8.15. The van der Waals surface area contributed by atoms with Crippen LogP contribution in [0.25, 0.3) is 11.1 Å². The van der Waals surface area contributed by atoms with Crippen molar-refractivity contribution in [2.45, 2.75) is 20.8 Å². The third kappa shape index (κ3) is 3.38. The van der Waals surface area contributed by atoms with E-state index in [0.717, 1.165) is 28.1 Å². The number of aryl methyl sites for hydroxylation is 3. The summed E-state index contributed by atoms with van der Waals surface area (Å²) in [5.41, 5.74) is 6.93. The second kappa shape index (κ2) is 6.77. The summed E-state index contributed by atoms with van der Waals surface area (Å²) in [4.78, 5) is 11.1. The van der Waals surface area contributed by atoms with Crippen molar-refractivity contribution in [2.75, 3.05) is 5.32 Å². The summed E-state index contributed by atoms with van der Waals surface area (Å²) in [5.74, 6) is 0. The monoisotopic (exact) mass is 332 g/mol. The Morgan fingerprint density at radius 3 is 2.04 bits per heavy atom. The Morgan fingerprint density at radius 2 is 1.40 bits per heavy atom. The smallest absolute Gasteiger partial charge is 0.277 e. The fourth-order valence-electron chi connectivity index (χ4n) is 3.20. The fraction of sp³-hybridized carbons (Fsp3) is 0.143. The molecule has 0 atom stereocenters. The predicted molar refractivity (Wildman–Crippen MR) is 102 cm³/mol. The Labute approximate surface area is 147 Å². The van der Waals surface area contributed by atoms with Crippen LogP contribution in [0.1, 0.15) is 16.7 Å². The van der Waals surface area contributed by atoms with E-state index in [4.69, 9.17) is 0 Å². The van der Waals surface area contributed by atoms with Crippen LogP contribution in [0.4, 0.5) is 17.1 Å². The largest absolute Gasteiger partial charge is 0.355 e. The molecule has 0 aliphatic heterocycles. The lowest BCUT2D eigenvalue weighted by molar-refractivity contribution is -0.384. The first-order valence-corrected chi connectivity index (χ1v) is 8.15. The molecule has 3 aromatic rings. The molecule has 0 aliphatic carbocycles. The first kappa shape index (κ1) is 16.7. The topological polar surface area (TPSA) is 55.2 Å². The standard InChI is InChI=1S/C21H20N2O2/c1-14-12-15(2)21(16(3)13-14)22-19-10-6-4-8-17(19)18-9-5-7-11-20(18)23(24)25/h4-13,22H,1-3H3. The molecular weight excluding hydrogens is 312 g/mol. The molecule has 4 nitrogen and oxygen atoms in total. The van der Waals surface area contributed by atoms with Crippen LogP contribution in [0.3, 0.4) is 0 Å². The van der Waals surface area contributed by atoms with E-state index < -0.39 is 0 Å². The number of nitrogens with zero attached hydrogens (tertiary/aromatic N) is 1. The third-order valence-corrected chi connectivity index (χ3v) is 4.25. The van der Waals surface area contributed by atoms with Gasteiger partial charge in [0.25, 0.3) is 5.69 Å². The lowest BCUT2D eigenvalue weighted by atomic mass is 10.00. The fourth-order valence-corrected chi connectivity index (χ4v) is 3.20. The molecule has 3 rings (SSSR count). The normalized spacial score (nSPS) is 10.5. The second-order valence-corrected chi connectivity index (χ2v) is 6.22. The number of para-hydroxylation sites is 2. The highest BCUT2D eigenvalue weighted by atomic mass is 16.6. The Morgan fingerprint density at radius 1 is 0.840 bits per heavy atom. The quantitative estimate of drug-likeness (QED) is 0.476. The van der Waals surface area contributed by atoms with E-state index in [2.05, 4.69) is 38.2 Å². The average molecular weight is 332 g/mol. The van der Waals surface area contributed by atoms with E-state index in [1.807, 2.05) is 30.3 Å². The molecule has 0 radical (unpaired) electrons. The van der Waals surface area contributed by atoms with E-state index in [1.54, 1.807) is 12.1 Å². The van der Waals surface area contributed by atoms with Gasteiger partial charge in [-0.1, -0.05) is 48.0 Å². The highest BCUT2D eigenvalue weighted by Crippen LogP contribution is 2.37. The Bertz CT molecular complexity index is 925. The van der Waals surface area contributed by atoms with E-state index >= 15 is 0 Å². The van der Waals surface area contributed by atoms with Gasteiger partial charge in [0.1, 0.15) is 0 Å². The summed E-state index contributed by atoms with van der Waals surface area (Å²) in [7, 11) is 0. The Balaban J connectivity index is 2.11. The molecule has 0 saturated heterocycles. The van der Waals surface area contributed by atoms with E-state index in [9.17, 15) is 10.1 Å². The zero-order valence-electron chi connectivity index (χ0n) is 14.5. The van der Waals surface area contributed by atoms with Crippen molar-refractivity contribution in [1.29, 1.82) is 0 Å². The molecule has 0 unspecified atom stereocenters. The number of anilines is 2. The van der Waals surface area contributed by atoms with Crippen LogP contribution in [0.2, 0.25) is 0 Å². The Hall–Kier alpha value is -3.14. The van der Waals surface area contributed by atoms with Crippen LogP contribution in [0, 0.1) is 30.9 Å². The van der Waals surface area contributed by atoms with Gasteiger partial charge in [-0.2, -0.15) is 0 Å². The summed E-state index contributed by atoms with van der Waals surface area (Å²) >= 11 is 0. The maximum atomic E-state index is 11.4. The van der Waals surface area contributed by atoms with Crippen LogP contribution in [-0.2, 0) is 0 Å². The highest BCUT2D eigenvalue weighted by Gasteiger charge is 2.17. The van der Waals surface area contributed by atoms with Gasteiger partial charge >= 0.3 is 0 Å². The third-order valence-electron chi connectivity index (χ3n) is 4.25. The minimum Gasteiger partial charge on any atom is -0.355 e. The average Bonchev–Trinajstić information content (AvgIpc) is 2.58. The van der Waals surface area contributed by atoms with E-state index in [1.165, 1.54) is 11.6 Å². The predicted octanol–water partition coefficient (Wildman–Crippen LogP) is 5.93. The minimum absolute atomic E-state index is 0.106. The van der Waals surface area contributed by atoms with E-state index in [0.29, 0.717) is 5.56 Å². The van der Waals surface area contributed by atoms with Crippen molar-refractivity contribution in [3.8, 4) is 11.1 Å². The van der Waals surface area contributed by atoms with Gasteiger partial charge in [-0.3, -0.25) is 10.1 Å². The Kier molecular flexibility index (Phi) is 4.52. The van der Waals surface area contributed by atoms with Crippen LogP contribution >= 0.6 is 0 Å². The molecule has 0 aromatic heterocycles. The summed E-state index contributed by atoms with van der Waals surface area (Å²) < 4.78 is 0.